The van der Waals surface area contributed by atoms with E-state index in [4.69, 9.17) is 17.3 Å². The van der Waals surface area contributed by atoms with Crippen LogP contribution in [0, 0.1) is 0 Å². The largest absolute Gasteiger partial charge is 0.366 e. The summed E-state index contributed by atoms with van der Waals surface area (Å²) in [6.07, 6.45) is 3.22. The summed E-state index contributed by atoms with van der Waals surface area (Å²) < 4.78 is 1.55. The molecule has 0 atom stereocenters. The number of rotatable bonds is 4. The lowest BCUT2D eigenvalue weighted by molar-refractivity contribution is 0.0996. The van der Waals surface area contributed by atoms with Crippen molar-refractivity contribution in [1.29, 1.82) is 0 Å². The van der Waals surface area contributed by atoms with Gasteiger partial charge in [-0.05, 0) is 36.4 Å². The molecule has 0 unspecified atom stereocenters. The van der Waals surface area contributed by atoms with Gasteiger partial charge >= 0.3 is 0 Å². The number of amides is 2. The maximum absolute atomic E-state index is 12.4. The average Bonchev–Trinajstić information content (AvgIpc) is 3.11. The van der Waals surface area contributed by atoms with Crippen molar-refractivity contribution in [3.8, 4) is 5.69 Å². The number of hydrogen-bond donors (Lipinski definition) is 2. The van der Waals surface area contributed by atoms with Crippen LogP contribution in [-0.4, -0.2) is 26.8 Å². The van der Waals surface area contributed by atoms with E-state index < -0.39 is 5.91 Å². The predicted molar refractivity (Wildman–Crippen MR) is 89.3 cm³/mol. The van der Waals surface area contributed by atoms with Crippen molar-refractivity contribution in [1.82, 2.24) is 15.0 Å². The number of hydrogen-bond acceptors (Lipinski definition) is 4. The zero-order valence-electron chi connectivity index (χ0n) is 12.3. The molecule has 0 saturated heterocycles. The van der Waals surface area contributed by atoms with Gasteiger partial charge in [-0.3, -0.25) is 9.59 Å². The van der Waals surface area contributed by atoms with Crippen molar-refractivity contribution < 1.29 is 9.59 Å². The minimum atomic E-state index is -0.663. The standard InChI is InChI=1S/C16H12ClN5O2/c17-14-5-4-11(9-13(14)15(18)23)20-16(24)10-2-1-3-12(8-10)22-7-6-19-21-22/h1-9H,(H2,18,23)(H,20,24). The lowest BCUT2D eigenvalue weighted by Gasteiger charge is -2.08. The fourth-order valence-corrected chi connectivity index (χ4v) is 2.34. The summed E-state index contributed by atoms with van der Waals surface area (Å²) in [5.74, 6) is -1.00. The molecule has 2 aromatic carbocycles. The van der Waals surface area contributed by atoms with Crippen LogP contribution in [0.4, 0.5) is 5.69 Å². The second-order valence-corrected chi connectivity index (χ2v) is 5.32. The number of anilines is 1. The summed E-state index contributed by atoms with van der Waals surface area (Å²) in [4.78, 5) is 23.7. The molecule has 8 heteroatoms. The van der Waals surface area contributed by atoms with Crippen LogP contribution < -0.4 is 11.1 Å². The quantitative estimate of drug-likeness (QED) is 0.759. The molecule has 1 heterocycles. The minimum Gasteiger partial charge on any atom is -0.366 e. The number of nitrogens with one attached hydrogen (secondary N) is 1. The highest BCUT2D eigenvalue weighted by Gasteiger charge is 2.11. The van der Waals surface area contributed by atoms with Gasteiger partial charge in [0.25, 0.3) is 5.91 Å². The first kappa shape index (κ1) is 15.7. The van der Waals surface area contributed by atoms with Gasteiger partial charge in [0, 0.05) is 11.3 Å². The fourth-order valence-electron chi connectivity index (χ4n) is 2.13. The van der Waals surface area contributed by atoms with Crippen LogP contribution in [0.5, 0.6) is 0 Å². The Morgan fingerprint density at radius 1 is 1.17 bits per heavy atom. The number of nitrogens with two attached hydrogens (primary N) is 1. The summed E-state index contributed by atoms with van der Waals surface area (Å²) in [6, 6.07) is 11.4. The number of nitrogens with zero attached hydrogens (tertiary/aromatic N) is 3. The molecule has 120 valence electrons. The SMILES string of the molecule is NC(=O)c1cc(NC(=O)c2cccc(-n3ccnn3)c2)ccc1Cl. The van der Waals surface area contributed by atoms with E-state index in [0.717, 1.165) is 0 Å². The molecule has 1 aromatic heterocycles. The Morgan fingerprint density at radius 3 is 2.71 bits per heavy atom. The second kappa shape index (κ2) is 6.51. The number of halogens is 1. The number of aromatic nitrogens is 3. The van der Waals surface area contributed by atoms with Crippen molar-refractivity contribution in [2.75, 3.05) is 5.32 Å². The third-order valence-electron chi connectivity index (χ3n) is 3.29. The van der Waals surface area contributed by atoms with Crippen LogP contribution in [0.3, 0.4) is 0 Å². The summed E-state index contributed by atoms with van der Waals surface area (Å²) in [6.45, 7) is 0. The van der Waals surface area contributed by atoms with Gasteiger partial charge in [-0.15, -0.1) is 5.10 Å². The summed E-state index contributed by atoms with van der Waals surface area (Å²) in [5.41, 5.74) is 6.94. The van der Waals surface area contributed by atoms with E-state index >= 15 is 0 Å². The van der Waals surface area contributed by atoms with Gasteiger partial charge < -0.3 is 11.1 Å². The highest BCUT2D eigenvalue weighted by atomic mass is 35.5. The van der Waals surface area contributed by atoms with Gasteiger partial charge in [-0.2, -0.15) is 0 Å². The van der Waals surface area contributed by atoms with E-state index in [9.17, 15) is 9.59 Å². The maximum Gasteiger partial charge on any atom is 0.255 e. The highest BCUT2D eigenvalue weighted by molar-refractivity contribution is 6.34. The molecule has 3 N–H and O–H groups in total. The number of benzene rings is 2. The van der Waals surface area contributed by atoms with E-state index in [1.165, 1.54) is 12.1 Å². The Bertz CT molecular complexity index is 909. The second-order valence-electron chi connectivity index (χ2n) is 4.91. The lowest BCUT2D eigenvalue weighted by atomic mass is 10.1. The first-order chi connectivity index (χ1) is 11.5. The average molecular weight is 342 g/mol. The Labute approximate surface area is 142 Å². The summed E-state index contributed by atoms with van der Waals surface area (Å²) in [5, 5.41) is 10.5. The Hall–Kier alpha value is -3.19. The van der Waals surface area contributed by atoms with Gasteiger partial charge in [-0.25, -0.2) is 4.68 Å². The Balaban J connectivity index is 1.84. The van der Waals surface area contributed by atoms with Crippen LogP contribution in [-0.2, 0) is 0 Å². The molecule has 3 rings (SSSR count). The van der Waals surface area contributed by atoms with Gasteiger partial charge in [0.15, 0.2) is 0 Å². The number of carbonyl (C=O) groups is 2. The Kier molecular flexibility index (Phi) is 4.26. The molecule has 24 heavy (non-hydrogen) atoms. The topological polar surface area (TPSA) is 103 Å². The van der Waals surface area contributed by atoms with Crippen LogP contribution >= 0.6 is 11.6 Å². The molecule has 0 aliphatic rings. The number of primary amides is 1. The van der Waals surface area contributed by atoms with Crippen molar-refractivity contribution in [3.63, 3.8) is 0 Å². The molecule has 0 radical (unpaired) electrons. The molecule has 0 fully saturated rings. The lowest BCUT2D eigenvalue weighted by Crippen LogP contribution is -2.15. The monoisotopic (exact) mass is 341 g/mol. The first-order valence-corrected chi connectivity index (χ1v) is 7.30. The zero-order valence-corrected chi connectivity index (χ0v) is 13.1. The van der Waals surface area contributed by atoms with Crippen molar-refractivity contribution >= 4 is 29.1 Å². The van der Waals surface area contributed by atoms with Gasteiger partial charge in [0.2, 0.25) is 5.91 Å². The van der Waals surface area contributed by atoms with Gasteiger partial charge in [0.1, 0.15) is 0 Å². The third-order valence-corrected chi connectivity index (χ3v) is 3.61. The molecule has 7 nitrogen and oxygen atoms in total. The molecule has 0 bridgehead atoms. The smallest absolute Gasteiger partial charge is 0.255 e. The molecule has 3 aromatic rings. The van der Waals surface area contributed by atoms with E-state index in [-0.39, 0.29) is 16.5 Å². The van der Waals surface area contributed by atoms with Gasteiger partial charge in [-0.1, -0.05) is 22.9 Å². The van der Waals surface area contributed by atoms with Crippen molar-refractivity contribution in [3.05, 3.63) is 71.0 Å². The first-order valence-electron chi connectivity index (χ1n) is 6.92. The minimum absolute atomic E-state index is 0.144. The molecule has 0 aliphatic heterocycles. The van der Waals surface area contributed by atoms with E-state index in [1.54, 1.807) is 47.4 Å². The van der Waals surface area contributed by atoms with Crippen molar-refractivity contribution in [2.24, 2.45) is 5.73 Å². The summed E-state index contributed by atoms with van der Waals surface area (Å²) >= 11 is 5.89. The normalized spacial score (nSPS) is 10.4. The van der Waals surface area contributed by atoms with Crippen LogP contribution in [0.15, 0.2) is 54.9 Å². The molecule has 0 spiro atoms. The van der Waals surface area contributed by atoms with Crippen molar-refractivity contribution in [2.45, 2.75) is 0 Å². The maximum atomic E-state index is 12.4. The molecule has 0 saturated carbocycles. The van der Waals surface area contributed by atoms with E-state index in [0.29, 0.717) is 16.9 Å². The number of carbonyl (C=O) groups excluding carboxylic acids is 2. The third kappa shape index (κ3) is 3.26. The van der Waals surface area contributed by atoms with E-state index in [2.05, 4.69) is 15.6 Å². The van der Waals surface area contributed by atoms with E-state index in [1.807, 2.05) is 0 Å². The fraction of sp³-hybridized carbons (Fsp3) is 0. The molecule has 0 aliphatic carbocycles. The Morgan fingerprint density at radius 2 is 2.00 bits per heavy atom. The van der Waals surface area contributed by atoms with Crippen LogP contribution in [0.25, 0.3) is 5.69 Å². The highest BCUT2D eigenvalue weighted by Crippen LogP contribution is 2.21. The molecular weight excluding hydrogens is 330 g/mol. The zero-order chi connectivity index (χ0) is 17.1. The molecular formula is C16H12ClN5O2. The molecule has 2 amide bonds. The summed E-state index contributed by atoms with van der Waals surface area (Å²) in [7, 11) is 0. The predicted octanol–water partition coefficient (Wildman–Crippen LogP) is 2.27. The van der Waals surface area contributed by atoms with Crippen LogP contribution in [0.1, 0.15) is 20.7 Å². The van der Waals surface area contributed by atoms with Gasteiger partial charge in [0.05, 0.1) is 28.7 Å². The van der Waals surface area contributed by atoms with Crippen LogP contribution in [0.2, 0.25) is 5.02 Å².